The Balaban J connectivity index is 0. The third kappa shape index (κ3) is 6.42. The lowest BCUT2D eigenvalue weighted by molar-refractivity contribution is -0.134. The Hall–Kier alpha value is -2.34. The molecule has 2 heterocycles. The number of rotatable bonds is 1. The van der Waals surface area contributed by atoms with E-state index in [1.54, 1.807) is 12.4 Å². The Morgan fingerprint density at radius 2 is 1.88 bits per heavy atom. The zero-order valence-corrected chi connectivity index (χ0v) is 14.4. The summed E-state index contributed by atoms with van der Waals surface area (Å²) in [6, 6.07) is 3.90. The monoisotopic (exact) mass is 405 g/mol. The van der Waals surface area contributed by atoms with E-state index in [9.17, 15) is 0 Å². The predicted molar refractivity (Wildman–Crippen MR) is 95.3 cm³/mol. The van der Waals surface area contributed by atoms with Crippen molar-refractivity contribution >= 4 is 44.6 Å². The van der Waals surface area contributed by atoms with E-state index < -0.39 is 5.97 Å². The van der Waals surface area contributed by atoms with Crippen molar-refractivity contribution in [2.45, 2.75) is 6.92 Å². The largest absolute Gasteiger partial charge is 0.481 e. The van der Waals surface area contributed by atoms with Crippen LogP contribution in [0.4, 0.5) is 5.69 Å². The number of fused-ring (bicyclic) bond motifs is 1. The van der Waals surface area contributed by atoms with Crippen molar-refractivity contribution in [1.82, 2.24) is 15.3 Å². The van der Waals surface area contributed by atoms with Crippen LogP contribution in [0.5, 0.6) is 0 Å². The molecule has 1 aromatic carbocycles. The molecule has 0 radical (unpaired) electrons. The Labute approximate surface area is 146 Å². The summed E-state index contributed by atoms with van der Waals surface area (Å²) in [6.07, 6.45) is 3.37. The molecule has 0 amide bonds. The Kier molecular flexibility index (Phi) is 11.2. The van der Waals surface area contributed by atoms with Crippen molar-refractivity contribution in [1.29, 1.82) is 0 Å². The van der Waals surface area contributed by atoms with Crippen LogP contribution in [0, 0.1) is 0 Å². The average molecular weight is 406 g/mol. The van der Waals surface area contributed by atoms with Gasteiger partial charge in [0, 0.05) is 25.9 Å². The van der Waals surface area contributed by atoms with E-state index in [1.807, 2.05) is 12.1 Å². The summed E-state index contributed by atoms with van der Waals surface area (Å²) in [7, 11) is 0. The lowest BCUT2D eigenvalue weighted by Gasteiger charge is -2.09. The first-order chi connectivity index (χ1) is 10.1. The molecular weight excluding hydrogens is 386 g/mol. The fourth-order valence-corrected chi connectivity index (χ4v) is 2.25. The van der Waals surface area contributed by atoms with Gasteiger partial charge in [0.15, 0.2) is 5.96 Å². The minimum Gasteiger partial charge on any atom is -0.481 e. The number of anilines is 1. The molecule has 0 saturated heterocycles. The number of aliphatic carboxylic acids is 1. The van der Waals surface area contributed by atoms with E-state index in [0.717, 1.165) is 47.2 Å². The first-order valence-electron chi connectivity index (χ1n) is 6.22. The van der Waals surface area contributed by atoms with Crippen LogP contribution >= 0.6 is 15.9 Å². The van der Waals surface area contributed by atoms with Gasteiger partial charge in [0.25, 0.3) is 5.97 Å². The van der Waals surface area contributed by atoms with Crippen LogP contribution in [0.25, 0.3) is 11.0 Å². The van der Waals surface area contributed by atoms with Crippen molar-refractivity contribution in [3.63, 3.8) is 0 Å². The molecule has 24 heavy (non-hydrogen) atoms. The summed E-state index contributed by atoms with van der Waals surface area (Å²) >= 11 is 3.54. The highest BCUT2D eigenvalue weighted by Crippen LogP contribution is 2.28. The molecule has 9 N–H and O–H groups in total. The molecule has 134 valence electrons. The second-order valence-corrected chi connectivity index (χ2v) is 4.95. The SMILES string of the molecule is Brc1c(NC2=NCCN2)ccc2nccnc12.CC(=O)O.O.O.O. The third-order valence-corrected chi connectivity index (χ3v) is 3.31. The number of guanidine groups is 1. The number of carboxylic acids is 1. The highest BCUT2D eigenvalue weighted by atomic mass is 79.9. The van der Waals surface area contributed by atoms with E-state index in [4.69, 9.17) is 9.90 Å². The van der Waals surface area contributed by atoms with Gasteiger partial charge in [-0.15, -0.1) is 0 Å². The van der Waals surface area contributed by atoms with E-state index in [0.29, 0.717) is 0 Å². The summed E-state index contributed by atoms with van der Waals surface area (Å²) < 4.78 is 0.902. The zero-order valence-electron chi connectivity index (χ0n) is 12.8. The van der Waals surface area contributed by atoms with Gasteiger partial charge >= 0.3 is 0 Å². The molecule has 1 aliphatic heterocycles. The van der Waals surface area contributed by atoms with Gasteiger partial charge in [-0.2, -0.15) is 0 Å². The maximum Gasteiger partial charge on any atom is 0.300 e. The highest BCUT2D eigenvalue weighted by molar-refractivity contribution is 9.10. The van der Waals surface area contributed by atoms with Crippen LogP contribution in [0.15, 0.2) is 34.0 Å². The molecule has 0 bridgehead atoms. The molecule has 0 atom stereocenters. The summed E-state index contributed by atoms with van der Waals surface area (Å²) in [6.45, 7) is 2.78. The quantitative estimate of drug-likeness (QED) is 0.564. The van der Waals surface area contributed by atoms with Crippen molar-refractivity contribution < 1.29 is 26.3 Å². The number of hydrogen-bond donors (Lipinski definition) is 3. The smallest absolute Gasteiger partial charge is 0.300 e. The number of carboxylic acid groups (broad SMARTS) is 1. The number of aromatic nitrogens is 2. The lowest BCUT2D eigenvalue weighted by Crippen LogP contribution is -2.26. The van der Waals surface area contributed by atoms with Crippen LogP contribution in [0.1, 0.15) is 6.92 Å². The highest BCUT2D eigenvalue weighted by Gasteiger charge is 2.10. The maximum atomic E-state index is 9.00. The van der Waals surface area contributed by atoms with Gasteiger partial charge in [0.05, 0.1) is 22.2 Å². The minimum atomic E-state index is -0.833. The Morgan fingerprint density at radius 1 is 1.25 bits per heavy atom. The fraction of sp³-hybridized carbons (Fsp3) is 0.231. The van der Waals surface area contributed by atoms with Gasteiger partial charge < -0.3 is 32.2 Å². The molecule has 3 rings (SSSR count). The zero-order chi connectivity index (χ0) is 15.2. The normalized spacial score (nSPS) is 11.3. The van der Waals surface area contributed by atoms with E-state index >= 15 is 0 Å². The first kappa shape index (κ1) is 23.9. The number of benzene rings is 1. The number of halogens is 1. The number of hydrogen-bond acceptors (Lipinski definition) is 6. The molecule has 0 fully saturated rings. The second-order valence-electron chi connectivity index (χ2n) is 4.15. The van der Waals surface area contributed by atoms with Gasteiger partial charge in [-0.05, 0) is 28.1 Å². The van der Waals surface area contributed by atoms with Crippen LogP contribution in [-0.4, -0.2) is 56.5 Å². The molecule has 0 unspecified atom stereocenters. The maximum absolute atomic E-state index is 9.00. The topological polar surface area (TPSA) is 194 Å². The number of aliphatic imine (C=N–C) groups is 1. The molecule has 11 heteroatoms. The van der Waals surface area contributed by atoms with Gasteiger partial charge in [-0.3, -0.25) is 19.8 Å². The number of carbonyl (C=O) groups is 1. The molecule has 0 aliphatic carbocycles. The predicted octanol–water partition coefficient (Wildman–Crippen LogP) is -0.620. The average Bonchev–Trinajstić information content (AvgIpc) is 2.95. The third-order valence-electron chi connectivity index (χ3n) is 2.51. The van der Waals surface area contributed by atoms with Crippen LogP contribution < -0.4 is 10.6 Å². The van der Waals surface area contributed by atoms with Gasteiger partial charge in [-0.25, -0.2) is 0 Å². The van der Waals surface area contributed by atoms with Crippen molar-refractivity contribution in [2.75, 3.05) is 18.4 Å². The van der Waals surface area contributed by atoms with Crippen LogP contribution in [-0.2, 0) is 4.79 Å². The van der Waals surface area contributed by atoms with Gasteiger partial charge in [-0.1, -0.05) is 0 Å². The first-order valence-corrected chi connectivity index (χ1v) is 7.01. The van der Waals surface area contributed by atoms with E-state index in [2.05, 4.69) is 41.5 Å². The molecule has 0 saturated carbocycles. The Bertz CT molecular complexity index is 694. The molecule has 1 aliphatic rings. The minimum absolute atomic E-state index is 0. The van der Waals surface area contributed by atoms with E-state index in [1.165, 1.54) is 0 Å². The van der Waals surface area contributed by atoms with Crippen LogP contribution in [0.3, 0.4) is 0 Å². The summed E-state index contributed by atoms with van der Waals surface area (Å²) in [4.78, 5) is 21.8. The molecule has 1 aromatic heterocycles. The standard InChI is InChI=1S/C11H10BrN5.C2H4O2.3H2O/c12-9-7(17-11-15-5-6-16-11)1-2-8-10(9)14-4-3-13-8;1-2(3)4;;;/h1-4H,5-6H2,(H2,15,16,17);1H3,(H,3,4);3*1H2. The van der Waals surface area contributed by atoms with Gasteiger partial charge in [0.2, 0.25) is 0 Å². The van der Waals surface area contributed by atoms with E-state index in [-0.39, 0.29) is 16.4 Å². The molecular formula is C13H20BrN5O5. The summed E-state index contributed by atoms with van der Waals surface area (Å²) in [5.74, 6) is -0.0334. The van der Waals surface area contributed by atoms with Crippen LogP contribution in [0.2, 0.25) is 0 Å². The Morgan fingerprint density at radius 3 is 2.46 bits per heavy atom. The lowest BCUT2D eigenvalue weighted by atomic mass is 10.2. The number of nitrogens with one attached hydrogen (secondary N) is 2. The molecule has 2 aromatic rings. The second kappa shape index (κ2) is 11.2. The van der Waals surface area contributed by atoms with Gasteiger partial charge in [0.1, 0.15) is 5.52 Å². The summed E-state index contributed by atoms with van der Waals surface area (Å²) in [5, 5.41) is 13.8. The molecule has 10 nitrogen and oxygen atoms in total. The number of nitrogens with zero attached hydrogens (tertiary/aromatic N) is 3. The molecule has 0 spiro atoms. The van der Waals surface area contributed by atoms with Crippen molar-refractivity contribution in [3.8, 4) is 0 Å². The summed E-state index contributed by atoms with van der Waals surface area (Å²) in [5.41, 5.74) is 2.65. The van der Waals surface area contributed by atoms with Crippen molar-refractivity contribution in [3.05, 3.63) is 29.0 Å². The fourth-order valence-electron chi connectivity index (χ4n) is 1.71. The van der Waals surface area contributed by atoms with Crippen molar-refractivity contribution in [2.24, 2.45) is 4.99 Å².